The Balaban J connectivity index is 1.81. The number of hydrogen-bond acceptors (Lipinski definition) is 8. The van der Waals surface area contributed by atoms with E-state index in [0.717, 1.165) is 56.9 Å². The predicted octanol–water partition coefficient (Wildman–Crippen LogP) is 4.45. The van der Waals surface area contributed by atoms with E-state index in [1.807, 2.05) is 30.3 Å². The molecule has 6 amide bonds. The Morgan fingerprint density at radius 2 is 1.04 bits per heavy atom. The predicted molar refractivity (Wildman–Crippen MR) is 213 cm³/mol. The molecule has 2 fully saturated rings. The van der Waals surface area contributed by atoms with Crippen LogP contribution in [0.2, 0.25) is 0 Å². The zero-order valence-corrected chi connectivity index (χ0v) is 33.5. The number of carbonyl (C=O) groups is 6. The molecular formula is C43H62N6O8. The monoisotopic (exact) mass is 790 g/mol. The van der Waals surface area contributed by atoms with Crippen LogP contribution in [0.15, 0.2) is 60.7 Å². The lowest BCUT2D eigenvalue weighted by Crippen LogP contribution is -2.56. The summed E-state index contributed by atoms with van der Waals surface area (Å²) in [4.78, 5) is 88.4. The van der Waals surface area contributed by atoms with Gasteiger partial charge in [0.15, 0.2) is 0 Å². The quantitative estimate of drug-likeness (QED) is 0.167. The van der Waals surface area contributed by atoms with Gasteiger partial charge in [0.25, 0.3) is 0 Å². The number of amides is 6. The average molecular weight is 791 g/mol. The molecule has 6 atom stereocenters. The van der Waals surface area contributed by atoms with Gasteiger partial charge in [0.1, 0.15) is 12.1 Å². The smallest absolute Gasteiger partial charge is 0.249 e. The summed E-state index contributed by atoms with van der Waals surface area (Å²) in [5.41, 5.74) is 4.62. The van der Waals surface area contributed by atoms with Crippen LogP contribution < -0.4 is 21.6 Å². The third-order valence-electron chi connectivity index (χ3n) is 11.6. The third-order valence-corrected chi connectivity index (χ3v) is 11.6. The van der Waals surface area contributed by atoms with Gasteiger partial charge in [-0.1, -0.05) is 125 Å². The SMILES string of the molecule is CN1CCCCCCCCC(C(C(=O)NO)C(C(=O)NO)C2CCCCCCCCN(C)C(=O)C(c3ccccc3)NC2=O)C(=O)NC(Cc2ccccc2)C1=O. The Hall–Kier alpha value is -4.82. The standard InChI is InChI=1S/C43H62N6O8/c1-48-27-19-9-5-3-7-17-25-32(38(50)44-34(42(48)54)29-30-21-13-11-14-22-30)35(40(52)46-56)36(41(53)47-57)33-26-18-8-4-6-10-20-28-49(2)43(55)37(45-39(33)51)31-23-15-12-16-24-31/h11-16,21-24,32-37,56-57H,3-10,17-20,25-29H2,1-2H3,(H,44,50)(H,45,51)(H,46,52)(H,47,53). The van der Waals surface area contributed by atoms with Crippen LogP contribution in [0.4, 0.5) is 0 Å². The number of nitrogens with zero attached hydrogens (tertiary/aromatic N) is 2. The molecule has 2 aromatic carbocycles. The molecule has 14 heteroatoms. The summed E-state index contributed by atoms with van der Waals surface area (Å²) in [5, 5.41) is 26.2. The number of carbonyl (C=O) groups excluding carboxylic acids is 6. The maximum atomic E-state index is 14.7. The van der Waals surface area contributed by atoms with Gasteiger partial charge in [-0.3, -0.25) is 39.2 Å². The highest BCUT2D eigenvalue weighted by Crippen LogP contribution is 2.36. The molecule has 312 valence electrons. The first-order valence-electron chi connectivity index (χ1n) is 20.6. The van der Waals surface area contributed by atoms with Gasteiger partial charge < -0.3 is 20.4 Å². The summed E-state index contributed by atoms with van der Waals surface area (Å²) in [5.74, 6) is -10.2. The summed E-state index contributed by atoms with van der Waals surface area (Å²) in [7, 11) is 3.37. The van der Waals surface area contributed by atoms with Crippen molar-refractivity contribution in [3.8, 4) is 0 Å². The van der Waals surface area contributed by atoms with Crippen molar-refractivity contribution in [3.63, 3.8) is 0 Å². The lowest BCUT2D eigenvalue weighted by molar-refractivity contribution is -0.155. The Bertz CT molecular complexity index is 1610. The van der Waals surface area contributed by atoms with Gasteiger partial charge >= 0.3 is 0 Å². The average Bonchev–Trinajstić information content (AvgIpc) is 3.22. The highest BCUT2D eigenvalue weighted by atomic mass is 16.5. The van der Waals surface area contributed by atoms with Crippen molar-refractivity contribution in [2.75, 3.05) is 27.2 Å². The number of likely N-dealkylation sites (N-methyl/N-ethyl adjacent to an activating group) is 2. The largest absolute Gasteiger partial charge is 0.344 e. The minimum absolute atomic E-state index is 0.0823. The molecule has 4 rings (SSSR count). The minimum atomic E-state index is -1.67. The lowest BCUT2D eigenvalue weighted by atomic mass is 9.70. The Morgan fingerprint density at radius 3 is 1.53 bits per heavy atom. The molecule has 0 bridgehead atoms. The van der Waals surface area contributed by atoms with Gasteiger partial charge in [0, 0.05) is 33.6 Å². The Labute approximate surface area is 336 Å². The topological polar surface area (TPSA) is 197 Å². The van der Waals surface area contributed by atoms with E-state index in [2.05, 4.69) is 10.6 Å². The first kappa shape index (κ1) is 44.9. The van der Waals surface area contributed by atoms with E-state index in [-0.39, 0.29) is 31.1 Å². The Kier molecular flexibility index (Phi) is 18.4. The van der Waals surface area contributed by atoms with Gasteiger partial charge in [-0.2, -0.15) is 0 Å². The van der Waals surface area contributed by atoms with Crippen LogP contribution in [0.25, 0.3) is 0 Å². The fraction of sp³-hybridized carbons (Fsp3) is 0.581. The molecule has 2 aliphatic heterocycles. The van der Waals surface area contributed by atoms with E-state index in [9.17, 15) is 39.2 Å². The molecule has 0 radical (unpaired) electrons. The van der Waals surface area contributed by atoms with Gasteiger partial charge in [0.05, 0.1) is 23.7 Å². The van der Waals surface area contributed by atoms with Gasteiger partial charge in [-0.05, 0) is 36.8 Å². The fourth-order valence-corrected chi connectivity index (χ4v) is 8.35. The van der Waals surface area contributed by atoms with Crippen LogP contribution in [0.1, 0.15) is 107 Å². The van der Waals surface area contributed by atoms with E-state index in [1.165, 1.54) is 0 Å². The molecule has 57 heavy (non-hydrogen) atoms. The Morgan fingerprint density at radius 1 is 0.614 bits per heavy atom. The zero-order valence-electron chi connectivity index (χ0n) is 33.5. The molecule has 2 aliphatic rings. The number of benzene rings is 2. The normalized spacial score (nSPS) is 24.1. The number of rotatable bonds is 8. The van der Waals surface area contributed by atoms with Gasteiger partial charge in [-0.25, -0.2) is 11.0 Å². The third kappa shape index (κ3) is 13.1. The fourth-order valence-electron chi connectivity index (χ4n) is 8.35. The van der Waals surface area contributed by atoms with E-state index in [0.29, 0.717) is 44.3 Å². The van der Waals surface area contributed by atoms with Crippen molar-refractivity contribution >= 4 is 35.4 Å². The second-order valence-electron chi connectivity index (χ2n) is 15.7. The zero-order chi connectivity index (χ0) is 41.2. The van der Waals surface area contributed by atoms with Crippen molar-refractivity contribution in [3.05, 3.63) is 71.8 Å². The van der Waals surface area contributed by atoms with Crippen molar-refractivity contribution in [2.45, 2.75) is 108 Å². The summed E-state index contributed by atoms with van der Waals surface area (Å²) in [6.45, 7) is 0.979. The number of hydroxylamine groups is 2. The first-order chi connectivity index (χ1) is 27.6. The minimum Gasteiger partial charge on any atom is -0.344 e. The molecule has 0 spiro atoms. The van der Waals surface area contributed by atoms with Gasteiger partial charge in [0.2, 0.25) is 35.4 Å². The molecule has 0 saturated carbocycles. The highest BCUT2D eigenvalue weighted by molar-refractivity contribution is 5.97. The number of nitrogens with one attached hydrogen (secondary N) is 4. The molecule has 2 heterocycles. The van der Waals surface area contributed by atoms with E-state index in [4.69, 9.17) is 0 Å². The van der Waals surface area contributed by atoms with Crippen molar-refractivity contribution in [2.24, 2.45) is 23.7 Å². The summed E-state index contributed by atoms with van der Waals surface area (Å²) in [6.07, 6.45) is 9.62. The van der Waals surface area contributed by atoms with Crippen molar-refractivity contribution in [1.29, 1.82) is 0 Å². The number of hydrogen-bond donors (Lipinski definition) is 6. The van der Waals surface area contributed by atoms with Crippen molar-refractivity contribution in [1.82, 2.24) is 31.4 Å². The molecule has 0 aromatic heterocycles. The summed E-state index contributed by atoms with van der Waals surface area (Å²) in [6, 6.07) is 15.8. The lowest BCUT2D eigenvalue weighted by Gasteiger charge is -2.36. The summed E-state index contributed by atoms with van der Waals surface area (Å²) >= 11 is 0. The van der Waals surface area contributed by atoms with Gasteiger partial charge in [-0.15, -0.1) is 0 Å². The molecular weight excluding hydrogens is 729 g/mol. The second-order valence-corrected chi connectivity index (χ2v) is 15.7. The molecule has 14 nitrogen and oxygen atoms in total. The van der Waals surface area contributed by atoms with Crippen LogP contribution in [-0.2, 0) is 35.2 Å². The van der Waals surface area contributed by atoms with Crippen LogP contribution >= 0.6 is 0 Å². The van der Waals surface area contributed by atoms with Crippen LogP contribution in [0.5, 0.6) is 0 Å². The van der Waals surface area contributed by atoms with Crippen LogP contribution in [0.3, 0.4) is 0 Å². The molecule has 2 aromatic rings. The van der Waals surface area contributed by atoms with E-state index < -0.39 is 59.4 Å². The highest BCUT2D eigenvalue weighted by Gasteiger charge is 2.49. The second kappa shape index (κ2) is 23.4. The van der Waals surface area contributed by atoms with Crippen molar-refractivity contribution < 1.29 is 39.2 Å². The van der Waals surface area contributed by atoms with E-state index in [1.54, 1.807) is 65.2 Å². The molecule has 0 aliphatic carbocycles. The molecule has 6 unspecified atom stereocenters. The molecule has 6 N–H and O–H groups in total. The summed E-state index contributed by atoms with van der Waals surface area (Å²) < 4.78 is 0. The maximum absolute atomic E-state index is 14.7. The first-order valence-corrected chi connectivity index (χ1v) is 20.6. The molecule has 2 saturated heterocycles. The van der Waals surface area contributed by atoms with E-state index >= 15 is 0 Å². The van der Waals surface area contributed by atoms with Crippen LogP contribution in [-0.4, -0.2) is 88.9 Å². The van der Waals surface area contributed by atoms with Crippen LogP contribution in [0, 0.1) is 23.7 Å². The maximum Gasteiger partial charge on any atom is 0.249 e.